The van der Waals surface area contributed by atoms with E-state index in [2.05, 4.69) is 10.3 Å². The Morgan fingerprint density at radius 2 is 1.61 bits per heavy atom. The Balaban J connectivity index is 1.43. The van der Waals surface area contributed by atoms with Crippen molar-refractivity contribution >= 4 is 29.1 Å². The maximum atomic E-state index is 12.9. The third-order valence-electron chi connectivity index (χ3n) is 8.03. The van der Waals surface area contributed by atoms with E-state index in [-0.39, 0.29) is 24.3 Å². The number of benzene rings is 3. The summed E-state index contributed by atoms with van der Waals surface area (Å²) in [6.45, 7) is 17.1. The minimum Gasteiger partial charge on any atom is -0.466 e. The van der Waals surface area contributed by atoms with Crippen LogP contribution in [0.25, 0.3) is 11.0 Å². The zero-order chi connectivity index (χ0) is 37.3. The molecule has 0 aliphatic carbocycles. The van der Waals surface area contributed by atoms with Gasteiger partial charge < -0.3 is 23.8 Å². The summed E-state index contributed by atoms with van der Waals surface area (Å²) in [5.74, 6) is -0.931. The van der Waals surface area contributed by atoms with Gasteiger partial charge in [-0.3, -0.25) is 4.79 Å². The topological polar surface area (TPSA) is 122 Å². The SMILES string of the molecule is CCOC(=O)CC(c1cccc(CN(C)C(=O)OC(C)(C)C)c1)c1ccc2c(nnn2CCCOCc2ccc(C(=O)OC(C)(C)C)cc2)c1C. The lowest BCUT2D eigenvalue weighted by molar-refractivity contribution is -0.143. The first-order chi connectivity index (χ1) is 24.0. The fraction of sp³-hybridized carbons (Fsp3) is 0.475. The van der Waals surface area contributed by atoms with Gasteiger partial charge in [-0.2, -0.15) is 0 Å². The van der Waals surface area contributed by atoms with Gasteiger partial charge >= 0.3 is 18.0 Å². The highest BCUT2D eigenvalue weighted by Gasteiger charge is 2.25. The molecule has 4 rings (SSSR count). The Bertz CT molecular complexity index is 1800. The molecular weight excluding hydrogens is 648 g/mol. The van der Waals surface area contributed by atoms with Crippen molar-refractivity contribution in [1.82, 2.24) is 19.9 Å². The Labute approximate surface area is 301 Å². The van der Waals surface area contributed by atoms with Crippen LogP contribution in [-0.2, 0) is 43.4 Å². The van der Waals surface area contributed by atoms with Crippen molar-refractivity contribution in [2.24, 2.45) is 0 Å². The van der Waals surface area contributed by atoms with E-state index in [1.165, 1.54) is 4.90 Å². The summed E-state index contributed by atoms with van der Waals surface area (Å²) in [5.41, 5.74) is 5.76. The zero-order valence-electron chi connectivity index (χ0n) is 31.4. The fourth-order valence-corrected chi connectivity index (χ4v) is 5.69. The molecule has 1 heterocycles. The number of carbonyl (C=O) groups excluding carboxylic acids is 3. The van der Waals surface area contributed by atoms with E-state index in [1.807, 2.05) is 102 Å². The lowest BCUT2D eigenvalue weighted by Crippen LogP contribution is -2.33. The van der Waals surface area contributed by atoms with Gasteiger partial charge in [0.15, 0.2) is 0 Å². The molecule has 51 heavy (non-hydrogen) atoms. The molecule has 1 atom stereocenters. The van der Waals surface area contributed by atoms with E-state index in [4.69, 9.17) is 18.9 Å². The highest BCUT2D eigenvalue weighted by Crippen LogP contribution is 2.34. The second kappa shape index (κ2) is 17.0. The lowest BCUT2D eigenvalue weighted by atomic mass is 9.85. The summed E-state index contributed by atoms with van der Waals surface area (Å²) >= 11 is 0. The zero-order valence-corrected chi connectivity index (χ0v) is 31.4. The Morgan fingerprint density at radius 3 is 2.27 bits per heavy atom. The number of aryl methyl sites for hydroxylation is 2. The predicted molar refractivity (Wildman–Crippen MR) is 195 cm³/mol. The van der Waals surface area contributed by atoms with E-state index >= 15 is 0 Å². The number of amides is 1. The van der Waals surface area contributed by atoms with E-state index in [0.29, 0.717) is 38.5 Å². The number of aromatic nitrogens is 3. The second-order valence-electron chi connectivity index (χ2n) is 14.7. The van der Waals surface area contributed by atoms with Crippen molar-refractivity contribution in [1.29, 1.82) is 0 Å². The summed E-state index contributed by atoms with van der Waals surface area (Å²) in [5, 5.41) is 8.97. The third-order valence-corrected chi connectivity index (χ3v) is 8.03. The number of rotatable bonds is 14. The molecule has 11 heteroatoms. The van der Waals surface area contributed by atoms with Crippen molar-refractivity contribution in [3.63, 3.8) is 0 Å². The van der Waals surface area contributed by atoms with Crippen LogP contribution in [-0.4, -0.2) is 69.4 Å². The molecule has 0 radical (unpaired) electrons. The fourth-order valence-electron chi connectivity index (χ4n) is 5.69. The number of ether oxygens (including phenoxy) is 4. The average molecular weight is 701 g/mol. The molecule has 11 nitrogen and oxygen atoms in total. The van der Waals surface area contributed by atoms with Gasteiger partial charge in [0.05, 0.1) is 30.7 Å². The minimum absolute atomic E-state index is 0.154. The monoisotopic (exact) mass is 700 g/mol. The molecular formula is C40H52N4O7. The first-order valence-electron chi connectivity index (χ1n) is 17.5. The van der Waals surface area contributed by atoms with Gasteiger partial charge in [0.2, 0.25) is 0 Å². The maximum absolute atomic E-state index is 12.9. The van der Waals surface area contributed by atoms with Gasteiger partial charge in [-0.15, -0.1) is 5.10 Å². The number of hydrogen-bond acceptors (Lipinski definition) is 9. The molecule has 0 bridgehead atoms. The number of nitrogens with zero attached hydrogens (tertiary/aromatic N) is 4. The summed E-state index contributed by atoms with van der Waals surface area (Å²) in [4.78, 5) is 39.3. The van der Waals surface area contributed by atoms with Gasteiger partial charge in [0, 0.05) is 32.7 Å². The quantitative estimate of drug-likeness (QED) is 0.0738. The normalized spacial score (nSPS) is 12.4. The number of carbonyl (C=O) groups is 3. The van der Waals surface area contributed by atoms with E-state index in [0.717, 1.165) is 45.3 Å². The van der Waals surface area contributed by atoms with Gasteiger partial charge in [0.1, 0.15) is 16.7 Å². The molecule has 1 unspecified atom stereocenters. The number of fused-ring (bicyclic) bond motifs is 1. The van der Waals surface area contributed by atoms with Crippen molar-refractivity contribution < 1.29 is 33.3 Å². The summed E-state index contributed by atoms with van der Waals surface area (Å²) in [7, 11) is 1.71. The van der Waals surface area contributed by atoms with Crippen molar-refractivity contribution in [3.8, 4) is 0 Å². The first kappa shape index (κ1) is 39.0. The Hall–Kier alpha value is -4.77. The van der Waals surface area contributed by atoms with Gasteiger partial charge in [-0.05, 0) is 108 Å². The largest absolute Gasteiger partial charge is 0.466 e. The molecule has 0 saturated carbocycles. The van der Waals surface area contributed by atoms with E-state index < -0.39 is 17.3 Å². The number of hydrogen-bond donors (Lipinski definition) is 0. The summed E-state index contributed by atoms with van der Waals surface area (Å²) in [6, 6.07) is 19.2. The second-order valence-corrected chi connectivity index (χ2v) is 14.7. The molecule has 1 aromatic heterocycles. The maximum Gasteiger partial charge on any atom is 0.410 e. The van der Waals surface area contributed by atoms with E-state index in [9.17, 15) is 14.4 Å². The first-order valence-corrected chi connectivity index (χ1v) is 17.5. The highest BCUT2D eigenvalue weighted by atomic mass is 16.6. The van der Waals surface area contributed by atoms with Crippen molar-refractivity contribution in [3.05, 3.63) is 94.0 Å². The third kappa shape index (κ3) is 11.4. The predicted octanol–water partition coefficient (Wildman–Crippen LogP) is 7.75. The van der Waals surface area contributed by atoms with Crippen LogP contribution in [0.15, 0.2) is 60.7 Å². The lowest BCUT2D eigenvalue weighted by Gasteiger charge is -2.25. The van der Waals surface area contributed by atoms with Crippen LogP contribution in [0.4, 0.5) is 4.79 Å². The van der Waals surface area contributed by atoms with Crippen LogP contribution in [0.5, 0.6) is 0 Å². The smallest absolute Gasteiger partial charge is 0.410 e. The molecule has 0 spiro atoms. The van der Waals surface area contributed by atoms with Crippen LogP contribution < -0.4 is 0 Å². The van der Waals surface area contributed by atoms with Crippen molar-refractivity contribution in [2.75, 3.05) is 20.3 Å². The van der Waals surface area contributed by atoms with Crippen LogP contribution in [0.2, 0.25) is 0 Å². The molecule has 3 aromatic carbocycles. The van der Waals surface area contributed by atoms with Crippen LogP contribution in [0, 0.1) is 6.92 Å². The molecule has 0 N–H and O–H groups in total. The Kier molecular flexibility index (Phi) is 13.0. The molecule has 1 amide bonds. The van der Waals surface area contributed by atoms with Crippen molar-refractivity contribution in [2.45, 2.75) is 105 Å². The van der Waals surface area contributed by atoms with Gasteiger partial charge in [0.25, 0.3) is 0 Å². The minimum atomic E-state index is -0.593. The van der Waals surface area contributed by atoms with Gasteiger partial charge in [-0.1, -0.05) is 47.7 Å². The number of esters is 2. The molecule has 0 aliphatic rings. The summed E-state index contributed by atoms with van der Waals surface area (Å²) < 4.78 is 24.1. The van der Waals surface area contributed by atoms with Crippen LogP contribution in [0.3, 0.4) is 0 Å². The van der Waals surface area contributed by atoms with Crippen LogP contribution in [0.1, 0.15) is 105 Å². The van der Waals surface area contributed by atoms with Gasteiger partial charge in [-0.25, -0.2) is 14.3 Å². The highest BCUT2D eigenvalue weighted by molar-refractivity contribution is 5.89. The molecule has 0 aliphatic heterocycles. The summed E-state index contributed by atoms with van der Waals surface area (Å²) in [6.07, 6.45) is 0.477. The Morgan fingerprint density at radius 1 is 0.902 bits per heavy atom. The standard InChI is InChI=1S/C40H52N4O7/c1-10-49-35(45)24-33(31-14-11-13-29(23-31)25-43(9)38(47)51-40(6,7)8)32-19-20-34-36(27(32)2)41-42-44(34)21-12-22-48-26-28-15-17-30(18-16-28)37(46)50-39(3,4)5/h11,13-20,23,33H,10,12,21-22,24-26H2,1-9H3. The average Bonchev–Trinajstić information content (AvgIpc) is 3.46. The molecule has 0 saturated heterocycles. The van der Waals surface area contributed by atoms with Crippen LogP contribution >= 0.6 is 0 Å². The molecule has 274 valence electrons. The molecule has 0 fully saturated rings. The van der Waals surface area contributed by atoms with E-state index in [1.54, 1.807) is 26.1 Å². The molecule has 4 aromatic rings.